The van der Waals surface area contributed by atoms with Gasteiger partial charge in [0.2, 0.25) is 0 Å². The molecule has 1 N–H and O–H groups in total. The van der Waals surface area contributed by atoms with Crippen molar-refractivity contribution in [1.82, 2.24) is 25.5 Å². The maximum absolute atomic E-state index is 4.29. The minimum atomic E-state index is 0.259. The van der Waals surface area contributed by atoms with E-state index in [-0.39, 0.29) is 6.04 Å². The van der Waals surface area contributed by atoms with Gasteiger partial charge in [0.1, 0.15) is 0 Å². The van der Waals surface area contributed by atoms with Gasteiger partial charge in [0.05, 0.1) is 7.05 Å². The molecular weight excluding hydrogens is 250 g/mol. The molecular formula is C15H21N5. The molecule has 5 heteroatoms. The molecule has 1 aromatic carbocycles. The van der Waals surface area contributed by atoms with Gasteiger partial charge in [-0.05, 0) is 47.7 Å². The number of benzene rings is 1. The first-order valence-electron chi connectivity index (χ1n) is 7.34. The number of hydrogen-bond acceptors (Lipinski definition) is 4. The molecule has 1 unspecified atom stereocenters. The lowest BCUT2D eigenvalue weighted by molar-refractivity contribution is 0.534. The zero-order chi connectivity index (χ0) is 13.9. The van der Waals surface area contributed by atoms with E-state index in [2.05, 4.69) is 45.9 Å². The fraction of sp³-hybridized carbons (Fsp3) is 0.533. The number of rotatable bonds is 5. The van der Waals surface area contributed by atoms with Gasteiger partial charge in [0, 0.05) is 12.5 Å². The number of nitrogens with one attached hydrogen (secondary N) is 1. The summed E-state index contributed by atoms with van der Waals surface area (Å²) >= 11 is 0. The van der Waals surface area contributed by atoms with E-state index in [4.69, 9.17) is 0 Å². The summed E-state index contributed by atoms with van der Waals surface area (Å²) in [5.74, 6) is 0.791. The Hall–Kier alpha value is -1.75. The first-order chi connectivity index (χ1) is 9.76. The average Bonchev–Trinajstić information content (AvgIpc) is 3.06. The highest BCUT2D eigenvalue weighted by Crippen LogP contribution is 2.26. The van der Waals surface area contributed by atoms with Crippen molar-refractivity contribution in [2.24, 2.45) is 7.05 Å². The zero-order valence-electron chi connectivity index (χ0n) is 12.1. The Morgan fingerprint density at radius 2 is 2.15 bits per heavy atom. The highest BCUT2D eigenvalue weighted by molar-refractivity contribution is 5.36. The molecule has 2 aromatic rings. The van der Waals surface area contributed by atoms with Gasteiger partial charge in [0.25, 0.3) is 0 Å². The van der Waals surface area contributed by atoms with Gasteiger partial charge in [-0.25, -0.2) is 0 Å². The van der Waals surface area contributed by atoms with Crippen LogP contribution in [0.3, 0.4) is 0 Å². The van der Waals surface area contributed by atoms with E-state index >= 15 is 0 Å². The van der Waals surface area contributed by atoms with Crippen LogP contribution in [0.2, 0.25) is 0 Å². The topological polar surface area (TPSA) is 55.6 Å². The van der Waals surface area contributed by atoms with Gasteiger partial charge in [0.15, 0.2) is 5.82 Å². The number of tetrazole rings is 1. The lowest BCUT2D eigenvalue weighted by atomic mass is 9.99. The van der Waals surface area contributed by atoms with E-state index in [1.165, 1.54) is 40.7 Å². The van der Waals surface area contributed by atoms with Gasteiger partial charge in [-0.2, -0.15) is 4.80 Å². The average molecular weight is 271 g/mol. The number of aromatic nitrogens is 4. The second kappa shape index (κ2) is 5.71. The molecule has 0 spiro atoms. The van der Waals surface area contributed by atoms with Crippen LogP contribution in [0.15, 0.2) is 18.2 Å². The van der Waals surface area contributed by atoms with E-state index < -0.39 is 0 Å². The lowest BCUT2D eigenvalue weighted by Crippen LogP contribution is -2.23. The monoisotopic (exact) mass is 271 g/mol. The highest BCUT2D eigenvalue weighted by Gasteiger charge is 2.17. The van der Waals surface area contributed by atoms with Crippen LogP contribution in [0.5, 0.6) is 0 Å². The fourth-order valence-corrected chi connectivity index (χ4v) is 2.95. The van der Waals surface area contributed by atoms with Crippen molar-refractivity contribution in [3.8, 4) is 0 Å². The van der Waals surface area contributed by atoms with Crippen molar-refractivity contribution in [2.75, 3.05) is 6.54 Å². The Kier molecular flexibility index (Phi) is 3.78. The molecule has 0 aliphatic heterocycles. The zero-order valence-corrected chi connectivity index (χ0v) is 12.1. The van der Waals surface area contributed by atoms with Crippen molar-refractivity contribution in [3.63, 3.8) is 0 Å². The summed E-state index contributed by atoms with van der Waals surface area (Å²) in [7, 11) is 1.80. The van der Waals surface area contributed by atoms with Gasteiger partial charge in [-0.1, -0.05) is 25.1 Å². The Labute approximate surface area is 119 Å². The molecule has 20 heavy (non-hydrogen) atoms. The Balaban J connectivity index is 1.82. The quantitative estimate of drug-likeness (QED) is 0.897. The standard InChI is InChI=1S/C15H21N5/c1-3-16-14(10-15-17-19-20(2)18-15)13-8-7-11-5-4-6-12(11)9-13/h7-9,14,16H,3-6,10H2,1-2H3. The predicted molar refractivity (Wildman–Crippen MR) is 77.4 cm³/mol. The molecule has 1 heterocycles. The summed E-state index contributed by atoms with van der Waals surface area (Å²) < 4.78 is 0. The largest absolute Gasteiger partial charge is 0.310 e. The van der Waals surface area contributed by atoms with E-state index in [1.807, 2.05) is 0 Å². The van der Waals surface area contributed by atoms with E-state index in [0.29, 0.717) is 0 Å². The van der Waals surface area contributed by atoms with Crippen LogP contribution in [-0.4, -0.2) is 26.8 Å². The molecule has 0 saturated heterocycles. The Morgan fingerprint density at radius 3 is 2.90 bits per heavy atom. The van der Waals surface area contributed by atoms with Crippen molar-refractivity contribution in [3.05, 3.63) is 40.7 Å². The summed E-state index contributed by atoms with van der Waals surface area (Å²) in [5.41, 5.74) is 4.36. The van der Waals surface area contributed by atoms with E-state index in [0.717, 1.165) is 18.8 Å². The molecule has 0 fully saturated rings. The summed E-state index contributed by atoms with van der Waals surface area (Å²) in [4.78, 5) is 1.51. The smallest absolute Gasteiger partial charge is 0.176 e. The third kappa shape index (κ3) is 2.72. The van der Waals surface area contributed by atoms with Crippen LogP contribution in [0.4, 0.5) is 0 Å². The molecule has 0 radical (unpaired) electrons. The SMILES string of the molecule is CCNC(Cc1nnn(C)n1)c1ccc2c(c1)CCC2. The molecule has 1 atom stereocenters. The van der Waals surface area contributed by atoms with Gasteiger partial charge in [-0.15, -0.1) is 10.2 Å². The molecule has 0 amide bonds. The molecule has 0 bridgehead atoms. The third-order valence-electron chi connectivity index (χ3n) is 3.91. The van der Waals surface area contributed by atoms with Crippen LogP contribution >= 0.6 is 0 Å². The minimum Gasteiger partial charge on any atom is -0.310 e. The van der Waals surface area contributed by atoms with Crippen LogP contribution in [-0.2, 0) is 26.3 Å². The first kappa shape index (κ1) is 13.2. The van der Waals surface area contributed by atoms with Crippen molar-refractivity contribution >= 4 is 0 Å². The number of fused-ring (bicyclic) bond motifs is 1. The summed E-state index contributed by atoms with van der Waals surface area (Å²) in [6.07, 6.45) is 4.51. The molecule has 1 aliphatic carbocycles. The number of likely N-dealkylation sites (N-methyl/N-ethyl adjacent to an activating group) is 1. The van der Waals surface area contributed by atoms with Crippen LogP contribution in [0.25, 0.3) is 0 Å². The van der Waals surface area contributed by atoms with Gasteiger partial charge >= 0.3 is 0 Å². The summed E-state index contributed by atoms with van der Waals surface area (Å²) in [6.45, 7) is 3.06. The maximum Gasteiger partial charge on any atom is 0.176 e. The summed E-state index contributed by atoms with van der Waals surface area (Å²) in [5, 5.41) is 15.8. The Bertz CT molecular complexity index is 590. The number of aryl methyl sites for hydroxylation is 3. The first-order valence-corrected chi connectivity index (χ1v) is 7.34. The lowest BCUT2D eigenvalue weighted by Gasteiger charge is -2.17. The van der Waals surface area contributed by atoms with Crippen molar-refractivity contribution in [1.29, 1.82) is 0 Å². The van der Waals surface area contributed by atoms with Gasteiger partial charge in [-0.3, -0.25) is 0 Å². The van der Waals surface area contributed by atoms with Crippen LogP contribution in [0.1, 0.15) is 41.9 Å². The molecule has 1 aromatic heterocycles. The molecule has 0 saturated carbocycles. The molecule has 5 nitrogen and oxygen atoms in total. The second-order valence-electron chi connectivity index (χ2n) is 5.39. The van der Waals surface area contributed by atoms with E-state index in [1.54, 1.807) is 7.05 Å². The van der Waals surface area contributed by atoms with Crippen LogP contribution in [0, 0.1) is 0 Å². The molecule has 106 valence electrons. The van der Waals surface area contributed by atoms with E-state index in [9.17, 15) is 0 Å². The molecule has 3 rings (SSSR count). The highest BCUT2D eigenvalue weighted by atomic mass is 15.6. The van der Waals surface area contributed by atoms with Crippen LogP contribution < -0.4 is 5.32 Å². The van der Waals surface area contributed by atoms with Crippen molar-refractivity contribution < 1.29 is 0 Å². The minimum absolute atomic E-state index is 0.259. The predicted octanol–water partition coefficient (Wildman–Crippen LogP) is 1.59. The number of nitrogens with zero attached hydrogens (tertiary/aromatic N) is 4. The Morgan fingerprint density at radius 1 is 1.30 bits per heavy atom. The summed E-state index contributed by atoms with van der Waals surface area (Å²) in [6, 6.07) is 7.14. The third-order valence-corrected chi connectivity index (χ3v) is 3.91. The van der Waals surface area contributed by atoms with Gasteiger partial charge < -0.3 is 5.32 Å². The molecule has 1 aliphatic rings. The number of hydrogen-bond donors (Lipinski definition) is 1. The van der Waals surface area contributed by atoms with Crippen molar-refractivity contribution in [2.45, 2.75) is 38.6 Å². The maximum atomic E-state index is 4.29. The second-order valence-corrected chi connectivity index (χ2v) is 5.39. The normalized spacial score (nSPS) is 15.3. The fourth-order valence-electron chi connectivity index (χ4n) is 2.95.